The molecule has 0 bridgehead atoms. The number of thioether (sulfide) groups is 2. The lowest BCUT2D eigenvalue weighted by molar-refractivity contribution is 0.521. The molecule has 0 radical (unpaired) electrons. The van der Waals surface area contributed by atoms with E-state index in [-0.39, 0.29) is 0 Å². The van der Waals surface area contributed by atoms with Gasteiger partial charge in [-0.1, -0.05) is 58.8 Å². The molecule has 1 aromatic heterocycles. The summed E-state index contributed by atoms with van der Waals surface area (Å²) in [6.45, 7) is 5.83. The van der Waals surface area contributed by atoms with Crippen molar-refractivity contribution in [3.05, 3.63) is 18.7 Å². The Labute approximate surface area is 151 Å². The van der Waals surface area contributed by atoms with Gasteiger partial charge in [-0.15, -0.1) is 23.5 Å². The quantitative estimate of drug-likeness (QED) is 0.430. The predicted octanol–water partition coefficient (Wildman–Crippen LogP) is 6.37. The first-order valence-corrected chi connectivity index (χ1v) is 11.4. The summed E-state index contributed by atoms with van der Waals surface area (Å²) in [6, 6.07) is 0. The first-order valence-electron chi connectivity index (χ1n) is 9.51. The molecule has 0 saturated carbocycles. The van der Waals surface area contributed by atoms with Crippen LogP contribution in [0, 0.1) is 0 Å². The smallest absolute Gasteiger partial charge is 0.0945 e. The van der Waals surface area contributed by atoms with E-state index in [0.717, 1.165) is 11.8 Å². The lowest BCUT2D eigenvalue weighted by Crippen LogP contribution is -2.29. The highest BCUT2D eigenvalue weighted by molar-refractivity contribution is 8.19. The molecule has 132 valence electrons. The summed E-state index contributed by atoms with van der Waals surface area (Å²) in [5.41, 5.74) is 0. The maximum atomic E-state index is 4.18. The van der Waals surface area contributed by atoms with Gasteiger partial charge in [0.1, 0.15) is 0 Å². The second kappa shape index (κ2) is 10.7. The average Bonchev–Trinajstić information content (AvgIpc) is 3.06. The second-order valence-corrected chi connectivity index (χ2v) is 10.5. The van der Waals surface area contributed by atoms with Gasteiger partial charge < -0.3 is 4.57 Å². The van der Waals surface area contributed by atoms with Gasteiger partial charge in [0.25, 0.3) is 0 Å². The molecule has 2 unspecified atom stereocenters. The van der Waals surface area contributed by atoms with Crippen LogP contribution in [0.25, 0.3) is 0 Å². The molecule has 0 amide bonds. The maximum absolute atomic E-state index is 4.18. The minimum atomic E-state index is 0.450. The van der Waals surface area contributed by atoms with E-state index < -0.39 is 0 Å². The highest BCUT2D eigenvalue weighted by atomic mass is 32.2. The van der Waals surface area contributed by atoms with Crippen molar-refractivity contribution in [2.75, 3.05) is 5.75 Å². The van der Waals surface area contributed by atoms with Gasteiger partial charge >= 0.3 is 0 Å². The van der Waals surface area contributed by atoms with Gasteiger partial charge in [-0.2, -0.15) is 0 Å². The molecule has 1 saturated heterocycles. The third-order valence-electron chi connectivity index (χ3n) is 4.78. The third-order valence-corrected chi connectivity index (χ3v) is 8.27. The standard InChI is InChI=1S/C19H34N2S2/c1-3-4-5-6-7-8-9-11-19(22-16-10-18(2)23-19)12-14-21-15-13-20-17-21/h13,15,17-18H,3-12,14,16H2,1-2H3. The fourth-order valence-electron chi connectivity index (χ4n) is 3.33. The van der Waals surface area contributed by atoms with Crippen LogP contribution < -0.4 is 0 Å². The molecule has 1 fully saturated rings. The van der Waals surface area contributed by atoms with Crippen LogP contribution in [0.15, 0.2) is 18.7 Å². The number of hydrogen-bond acceptors (Lipinski definition) is 3. The number of aromatic nitrogens is 2. The van der Waals surface area contributed by atoms with E-state index >= 15 is 0 Å². The highest BCUT2D eigenvalue weighted by Crippen LogP contribution is 2.51. The Morgan fingerprint density at radius 2 is 1.91 bits per heavy atom. The van der Waals surface area contributed by atoms with E-state index in [4.69, 9.17) is 0 Å². The number of unbranched alkanes of at least 4 members (excludes halogenated alkanes) is 6. The Hall–Kier alpha value is -0.0900. The summed E-state index contributed by atoms with van der Waals surface area (Å²) >= 11 is 4.49. The summed E-state index contributed by atoms with van der Waals surface area (Å²) in [5.74, 6) is 1.34. The van der Waals surface area contributed by atoms with E-state index in [2.05, 4.69) is 53.1 Å². The highest BCUT2D eigenvalue weighted by Gasteiger charge is 2.35. The molecule has 0 aliphatic carbocycles. The SMILES string of the molecule is CCCCCCCCCC1(CCn2ccnc2)SCCC(C)S1. The molecule has 4 heteroatoms. The largest absolute Gasteiger partial charge is 0.337 e. The van der Waals surface area contributed by atoms with Gasteiger partial charge in [-0.25, -0.2) is 4.98 Å². The average molecular weight is 355 g/mol. The van der Waals surface area contributed by atoms with Crippen LogP contribution >= 0.6 is 23.5 Å². The van der Waals surface area contributed by atoms with Crippen molar-refractivity contribution in [2.24, 2.45) is 0 Å². The van der Waals surface area contributed by atoms with Crippen LogP contribution in [0.2, 0.25) is 0 Å². The van der Waals surface area contributed by atoms with Crippen LogP contribution in [0.1, 0.15) is 78.1 Å². The van der Waals surface area contributed by atoms with Gasteiger partial charge in [0, 0.05) is 24.2 Å². The first-order chi connectivity index (χ1) is 11.2. The topological polar surface area (TPSA) is 17.8 Å². The zero-order valence-corrected chi connectivity index (χ0v) is 16.6. The van der Waals surface area contributed by atoms with E-state index in [0.29, 0.717) is 4.08 Å². The Balaban J connectivity index is 1.74. The zero-order chi connectivity index (χ0) is 16.4. The van der Waals surface area contributed by atoms with Gasteiger partial charge in [0.15, 0.2) is 0 Å². The summed E-state index contributed by atoms with van der Waals surface area (Å²) in [6.07, 6.45) is 19.9. The minimum absolute atomic E-state index is 0.450. The minimum Gasteiger partial charge on any atom is -0.337 e. The molecule has 2 rings (SSSR count). The Kier molecular flexibility index (Phi) is 8.96. The summed E-state index contributed by atoms with van der Waals surface area (Å²) in [4.78, 5) is 4.18. The number of nitrogens with zero attached hydrogens (tertiary/aromatic N) is 2. The van der Waals surface area contributed by atoms with Gasteiger partial charge in [-0.3, -0.25) is 0 Å². The molecule has 0 aromatic carbocycles. The Morgan fingerprint density at radius 1 is 1.13 bits per heavy atom. The maximum Gasteiger partial charge on any atom is 0.0945 e. The van der Waals surface area contributed by atoms with Crippen molar-refractivity contribution in [3.63, 3.8) is 0 Å². The lowest BCUT2D eigenvalue weighted by Gasteiger charge is -2.39. The van der Waals surface area contributed by atoms with Crippen LogP contribution in [-0.2, 0) is 6.54 Å². The molecule has 0 spiro atoms. The van der Waals surface area contributed by atoms with Gasteiger partial charge in [0.2, 0.25) is 0 Å². The molecule has 1 aliphatic heterocycles. The number of aryl methyl sites for hydroxylation is 1. The molecule has 1 aromatic rings. The van der Waals surface area contributed by atoms with Crippen molar-refractivity contribution in [1.82, 2.24) is 9.55 Å². The first kappa shape index (κ1) is 19.2. The van der Waals surface area contributed by atoms with Crippen LogP contribution in [0.4, 0.5) is 0 Å². The Bertz CT molecular complexity index is 408. The second-order valence-electron chi connectivity index (χ2n) is 6.90. The van der Waals surface area contributed by atoms with Crippen LogP contribution in [0.3, 0.4) is 0 Å². The molecule has 2 heterocycles. The molecule has 23 heavy (non-hydrogen) atoms. The zero-order valence-electron chi connectivity index (χ0n) is 15.0. The lowest BCUT2D eigenvalue weighted by atomic mass is 10.1. The summed E-state index contributed by atoms with van der Waals surface area (Å²) in [5, 5.41) is 0.823. The van der Waals surface area contributed by atoms with E-state index in [1.807, 2.05) is 12.5 Å². The molecule has 2 atom stereocenters. The van der Waals surface area contributed by atoms with Crippen molar-refractivity contribution < 1.29 is 0 Å². The van der Waals surface area contributed by atoms with Gasteiger partial charge in [0.05, 0.1) is 10.4 Å². The fourth-order valence-corrected chi connectivity index (χ4v) is 7.30. The monoisotopic (exact) mass is 354 g/mol. The third kappa shape index (κ3) is 7.13. The molecule has 0 N–H and O–H groups in total. The summed E-state index contributed by atoms with van der Waals surface area (Å²) in [7, 11) is 0. The van der Waals surface area contributed by atoms with Crippen molar-refractivity contribution in [1.29, 1.82) is 0 Å². The molecule has 2 nitrogen and oxygen atoms in total. The van der Waals surface area contributed by atoms with E-state index in [1.54, 1.807) is 0 Å². The van der Waals surface area contributed by atoms with Gasteiger partial charge in [-0.05, 0) is 25.0 Å². The molecular weight excluding hydrogens is 320 g/mol. The molecule has 1 aliphatic rings. The van der Waals surface area contributed by atoms with E-state index in [9.17, 15) is 0 Å². The predicted molar refractivity (Wildman–Crippen MR) is 106 cm³/mol. The normalized spacial score (nSPS) is 24.9. The van der Waals surface area contributed by atoms with E-state index in [1.165, 1.54) is 70.0 Å². The summed E-state index contributed by atoms with van der Waals surface area (Å²) < 4.78 is 2.69. The Morgan fingerprint density at radius 3 is 2.61 bits per heavy atom. The fraction of sp³-hybridized carbons (Fsp3) is 0.842. The number of rotatable bonds is 11. The van der Waals surface area contributed by atoms with Crippen LogP contribution in [-0.4, -0.2) is 24.6 Å². The van der Waals surface area contributed by atoms with Crippen molar-refractivity contribution in [3.8, 4) is 0 Å². The number of imidazole rings is 1. The van der Waals surface area contributed by atoms with Crippen molar-refractivity contribution in [2.45, 2.75) is 93.9 Å². The molecular formula is C19H34N2S2. The van der Waals surface area contributed by atoms with Crippen molar-refractivity contribution >= 4 is 23.5 Å². The van der Waals surface area contributed by atoms with Crippen LogP contribution in [0.5, 0.6) is 0 Å². The number of hydrogen-bond donors (Lipinski definition) is 0.